The Morgan fingerprint density at radius 2 is 2.20 bits per heavy atom. The van der Waals surface area contributed by atoms with Crippen molar-refractivity contribution in [3.05, 3.63) is 30.2 Å². The number of carbonyl (C=O) groups excluding carboxylic acids is 1. The Morgan fingerprint density at radius 1 is 1.40 bits per heavy atom. The van der Waals surface area contributed by atoms with Gasteiger partial charge in [-0.3, -0.25) is 4.79 Å². The highest BCUT2D eigenvalue weighted by Gasteiger charge is 2.29. The molecule has 1 amide bonds. The lowest BCUT2D eigenvalue weighted by Gasteiger charge is -2.36. The van der Waals surface area contributed by atoms with Crippen molar-refractivity contribution in [2.45, 2.75) is 38.6 Å². The fourth-order valence-electron chi connectivity index (χ4n) is 3.19. The number of hydrogen-bond donors (Lipinski definition) is 0. The quantitative estimate of drug-likeness (QED) is 0.843. The molecule has 0 radical (unpaired) electrons. The predicted molar refractivity (Wildman–Crippen MR) is 76.5 cm³/mol. The number of hydrogen-bond acceptors (Lipinski definition) is 3. The van der Waals surface area contributed by atoms with Crippen LogP contribution in [0.25, 0.3) is 5.65 Å². The second kappa shape index (κ2) is 5.23. The van der Waals surface area contributed by atoms with Gasteiger partial charge < -0.3 is 4.90 Å². The lowest BCUT2D eigenvalue weighted by Crippen LogP contribution is -2.42. The Balaban J connectivity index is 1.88. The number of aromatic nitrogens is 3. The Labute approximate surface area is 118 Å². The second-order valence-corrected chi connectivity index (χ2v) is 5.69. The van der Waals surface area contributed by atoms with Gasteiger partial charge in [0.2, 0.25) is 0 Å². The number of amides is 1. The predicted octanol–water partition coefficient (Wildman–Crippen LogP) is 2.38. The first kappa shape index (κ1) is 13.1. The van der Waals surface area contributed by atoms with E-state index >= 15 is 0 Å². The Kier molecular flexibility index (Phi) is 3.42. The summed E-state index contributed by atoms with van der Waals surface area (Å²) in [6.45, 7) is 2.24. The average Bonchev–Trinajstić information content (AvgIpc) is 2.90. The van der Waals surface area contributed by atoms with Crippen molar-refractivity contribution in [2.24, 2.45) is 5.92 Å². The van der Waals surface area contributed by atoms with E-state index in [1.54, 1.807) is 23.0 Å². The van der Waals surface area contributed by atoms with E-state index in [1.807, 2.05) is 18.1 Å². The van der Waals surface area contributed by atoms with Crippen LogP contribution in [-0.4, -0.2) is 38.5 Å². The highest BCUT2D eigenvalue weighted by molar-refractivity contribution is 5.99. The van der Waals surface area contributed by atoms with Crippen LogP contribution >= 0.6 is 0 Å². The molecule has 0 aliphatic heterocycles. The summed E-state index contributed by atoms with van der Waals surface area (Å²) in [5, 5.41) is 4.19. The molecule has 2 aromatic heterocycles. The molecule has 1 fully saturated rings. The topological polar surface area (TPSA) is 50.5 Å². The van der Waals surface area contributed by atoms with Crippen molar-refractivity contribution < 1.29 is 4.79 Å². The SMILES string of the molecule is C[C@@H]1CCCC[C@H]1N(C)C(=O)c1cnn2cccnc12. The molecule has 20 heavy (non-hydrogen) atoms. The Bertz CT molecular complexity index is 621. The van der Waals surface area contributed by atoms with E-state index in [1.165, 1.54) is 19.3 Å². The molecule has 1 saturated carbocycles. The van der Waals surface area contributed by atoms with Crippen LogP contribution in [0.15, 0.2) is 24.7 Å². The van der Waals surface area contributed by atoms with Crippen LogP contribution in [-0.2, 0) is 0 Å². The molecular formula is C15H20N4O. The number of rotatable bonds is 2. The maximum atomic E-state index is 12.7. The van der Waals surface area contributed by atoms with E-state index in [4.69, 9.17) is 0 Å². The molecule has 3 rings (SSSR count). The molecule has 0 N–H and O–H groups in total. The van der Waals surface area contributed by atoms with Gasteiger partial charge in [0.05, 0.1) is 6.20 Å². The van der Waals surface area contributed by atoms with Gasteiger partial charge in [0.15, 0.2) is 5.65 Å². The van der Waals surface area contributed by atoms with Gasteiger partial charge in [-0.2, -0.15) is 5.10 Å². The van der Waals surface area contributed by atoms with E-state index in [0.717, 1.165) is 6.42 Å². The molecule has 0 spiro atoms. The van der Waals surface area contributed by atoms with Crippen molar-refractivity contribution in [3.63, 3.8) is 0 Å². The minimum absolute atomic E-state index is 0.0254. The summed E-state index contributed by atoms with van der Waals surface area (Å²) in [5.74, 6) is 0.588. The summed E-state index contributed by atoms with van der Waals surface area (Å²) < 4.78 is 1.64. The van der Waals surface area contributed by atoms with Crippen molar-refractivity contribution in [1.29, 1.82) is 0 Å². The van der Waals surface area contributed by atoms with E-state index in [0.29, 0.717) is 23.2 Å². The largest absolute Gasteiger partial charge is 0.338 e. The second-order valence-electron chi connectivity index (χ2n) is 5.69. The minimum Gasteiger partial charge on any atom is -0.338 e. The fourth-order valence-corrected chi connectivity index (χ4v) is 3.19. The fraction of sp³-hybridized carbons (Fsp3) is 0.533. The molecule has 5 heteroatoms. The lowest BCUT2D eigenvalue weighted by atomic mass is 9.85. The molecule has 1 aliphatic carbocycles. The summed E-state index contributed by atoms with van der Waals surface area (Å²) in [4.78, 5) is 18.8. The summed E-state index contributed by atoms with van der Waals surface area (Å²) in [6, 6.07) is 2.14. The zero-order chi connectivity index (χ0) is 14.1. The minimum atomic E-state index is 0.0254. The third kappa shape index (κ3) is 2.17. The van der Waals surface area contributed by atoms with Crippen molar-refractivity contribution in [3.8, 4) is 0 Å². The van der Waals surface area contributed by atoms with Gasteiger partial charge >= 0.3 is 0 Å². The van der Waals surface area contributed by atoms with Crippen molar-refractivity contribution >= 4 is 11.6 Å². The first-order chi connectivity index (χ1) is 9.68. The molecule has 0 saturated heterocycles. The molecule has 0 aromatic carbocycles. The van der Waals surface area contributed by atoms with Crippen LogP contribution in [0.4, 0.5) is 0 Å². The van der Waals surface area contributed by atoms with E-state index in [2.05, 4.69) is 17.0 Å². The number of nitrogens with zero attached hydrogens (tertiary/aromatic N) is 4. The van der Waals surface area contributed by atoms with E-state index in [-0.39, 0.29) is 5.91 Å². The van der Waals surface area contributed by atoms with Gasteiger partial charge in [0.25, 0.3) is 5.91 Å². The zero-order valence-electron chi connectivity index (χ0n) is 12.0. The smallest absolute Gasteiger partial charge is 0.259 e. The zero-order valence-corrected chi connectivity index (χ0v) is 12.0. The standard InChI is InChI=1S/C15H20N4O/c1-11-6-3-4-7-13(11)18(2)15(20)12-10-17-19-9-5-8-16-14(12)19/h5,8-11,13H,3-4,6-7H2,1-2H3/t11-,13-/m1/s1. The lowest BCUT2D eigenvalue weighted by molar-refractivity contribution is 0.0630. The third-order valence-corrected chi connectivity index (χ3v) is 4.39. The van der Waals surface area contributed by atoms with Crippen LogP contribution in [0.2, 0.25) is 0 Å². The van der Waals surface area contributed by atoms with Crippen LogP contribution in [0.5, 0.6) is 0 Å². The first-order valence-corrected chi connectivity index (χ1v) is 7.24. The van der Waals surface area contributed by atoms with Crippen LogP contribution in [0.3, 0.4) is 0 Å². The maximum Gasteiger partial charge on any atom is 0.259 e. The summed E-state index contributed by atoms with van der Waals surface area (Å²) in [6.07, 6.45) is 9.90. The van der Waals surface area contributed by atoms with Gasteiger partial charge in [-0.1, -0.05) is 19.8 Å². The molecule has 0 bridgehead atoms. The monoisotopic (exact) mass is 272 g/mol. The Hall–Kier alpha value is -1.91. The molecule has 1 aliphatic rings. The van der Waals surface area contributed by atoms with Crippen molar-refractivity contribution in [1.82, 2.24) is 19.5 Å². The highest BCUT2D eigenvalue weighted by atomic mass is 16.2. The average molecular weight is 272 g/mol. The molecule has 2 heterocycles. The highest BCUT2D eigenvalue weighted by Crippen LogP contribution is 2.28. The van der Waals surface area contributed by atoms with Gasteiger partial charge in [-0.05, 0) is 24.8 Å². The van der Waals surface area contributed by atoms with Gasteiger partial charge in [0.1, 0.15) is 5.56 Å². The molecule has 2 aromatic rings. The number of fused-ring (bicyclic) bond motifs is 1. The third-order valence-electron chi connectivity index (χ3n) is 4.39. The van der Waals surface area contributed by atoms with Crippen LogP contribution in [0, 0.1) is 5.92 Å². The maximum absolute atomic E-state index is 12.7. The summed E-state index contributed by atoms with van der Waals surface area (Å²) in [7, 11) is 1.90. The van der Waals surface area contributed by atoms with Gasteiger partial charge in [-0.25, -0.2) is 9.50 Å². The van der Waals surface area contributed by atoms with Crippen LogP contribution < -0.4 is 0 Å². The molecule has 2 atom stereocenters. The van der Waals surface area contributed by atoms with Crippen LogP contribution in [0.1, 0.15) is 43.0 Å². The first-order valence-electron chi connectivity index (χ1n) is 7.24. The molecule has 0 unspecified atom stereocenters. The van der Waals surface area contributed by atoms with E-state index < -0.39 is 0 Å². The Morgan fingerprint density at radius 3 is 3.00 bits per heavy atom. The van der Waals surface area contributed by atoms with Gasteiger partial charge in [0, 0.05) is 25.5 Å². The summed E-state index contributed by atoms with van der Waals surface area (Å²) >= 11 is 0. The molecule has 106 valence electrons. The normalized spacial score (nSPS) is 22.9. The van der Waals surface area contributed by atoms with E-state index in [9.17, 15) is 4.79 Å². The number of carbonyl (C=O) groups is 1. The van der Waals surface area contributed by atoms with Gasteiger partial charge in [-0.15, -0.1) is 0 Å². The molecular weight excluding hydrogens is 252 g/mol. The molecule has 5 nitrogen and oxygen atoms in total. The summed E-state index contributed by atoms with van der Waals surface area (Å²) in [5.41, 5.74) is 1.22. The van der Waals surface area contributed by atoms with Crippen molar-refractivity contribution in [2.75, 3.05) is 7.05 Å².